The zero-order chi connectivity index (χ0) is 99.5. The van der Waals surface area contributed by atoms with Crippen LogP contribution in [0.2, 0.25) is 30.1 Å². The number of hydrogen-bond acceptors (Lipinski definition) is 22. The summed E-state index contributed by atoms with van der Waals surface area (Å²) in [7, 11) is -7.34. The minimum absolute atomic E-state index is 0.0000384. The molecule has 24 rings (SSSR count). The van der Waals surface area contributed by atoms with E-state index in [-0.39, 0.29) is 78.5 Å². The van der Waals surface area contributed by atoms with Gasteiger partial charge in [0, 0.05) is 104 Å². The molecule has 24 nitrogen and oxygen atoms in total. The molecule has 0 aromatic heterocycles. The molecule has 3 spiro atoms. The van der Waals surface area contributed by atoms with Gasteiger partial charge in [-0.2, -0.15) is 0 Å². The highest BCUT2D eigenvalue weighted by Gasteiger charge is 2.78. The van der Waals surface area contributed by atoms with Gasteiger partial charge in [0.05, 0.1) is 65.6 Å². The number of aromatic hydroxyl groups is 1. The van der Waals surface area contributed by atoms with Crippen molar-refractivity contribution in [3.8, 4) is 34.5 Å². The lowest BCUT2D eigenvalue weighted by Gasteiger charge is -2.64. The van der Waals surface area contributed by atoms with Gasteiger partial charge in [-0.1, -0.05) is 179 Å². The van der Waals surface area contributed by atoms with Crippen LogP contribution in [0.1, 0.15) is 180 Å². The first-order valence-corrected chi connectivity index (χ1v) is 57.0. The van der Waals surface area contributed by atoms with Gasteiger partial charge in [-0.3, -0.25) is 43.2 Å². The van der Waals surface area contributed by atoms with Crippen molar-refractivity contribution in [2.75, 3.05) is 64.9 Å². The Labute approximate surface area is 860 Å². The average molecular weight is 2100 g/mol. The lowest BCUT2D eigenvalue weighted by molar-refractivity contribution is -0.216. The van der Waals surface area contributed by atoms with Crippen LogP contribution in [-0.4, -0.2) is 211 Å². The molecule has 9 aromatic carbocycles. The SMILES string of the molecule is CP(C)(=O)CC(=O)Oc1ccc2c3c1OC1[C@H](OC(=O)Cc4ccccc4Cc4c(Cl)cccc4Cl)CC[C@@]4(O)[C@@H](C2)N(CC2CC2)CC[C@]314.O=C(CP(=O)(O)O)Oc1ccc2c3c1OC1[C@H](OC(=O)Cc4ccccc4Cc4c(Cl)cccc4Cl)CC[C@@]4(O)[C@@H](C2)N(CC2CC2)CC[C@]314.O=C(Cc1ccccc1Cc1c(Cl)cccc1Cl)O[C@@H]1CC[C@@]2(O)[C@H]3Cc4ccc(O)c5c4[C@@]2(CCN3CC2CC2)C1O5. The Morgan fingerprint density at radius 3 is 0.972 bits per heavy atom. The Hall–Kier alpha value is -8.59. The van der Waals surface area contributed by atoms with Crippen LogP contribution in [0.15, 0.2) is 164 Å². The van der Waals surface area contributed by atoms with Gasteiger partial charge in [0.1, 0.15) is 42.8 Å². The monoisotopic (exact) mass is 2100 g/mol. The molecule has 32 heteroatoms. The Bertz CT molecular complexity index is 6390. The number of esters is 5. The molecule has 0 amide bonds. The van der Waals surface area contributed by atoms with Crippen LogP contribution in [-0.2, 0) is 121 Å². The van der Waals surface area contributed by atoms with Crippen LogP contribution in [0.25, 0.3) is 0 Å². The molecule has 752 valence electrons. The molecule has 9 aliphatic carbocycles. The van der Waals surface area contributed by atoms with Gasteiger partial charge in [0.25, 0.3) is 0 Å². The molecule has 3 unspecified atom stereocenters. The second-order valence-electron chi connectivity index (χ2n) is 43.0. The van der Waals surface area contributed by atoms with E-state index >= 15 is 0 Å². The number of likely N-dealkylation sites (tertiary alicyclic amines) is 3. The number of ether oxygens (including phenoxy) is 8. The fourth-order valence-corrected chi connectivity index (χ4v) is 29.8. The maximum absolute atomic E-state index is 13.8. The third-order valence-corrected chi connectivity index (χ3v) is 37.7. The number of carbonyl (C=O) groups excluding carboxylic acids is 5. The van der Waals surface area contributed by atoms with E-state index in [4.69, 9.17) is 108 Å². The van der Waals surface area contributed by atoms with E-state index < -0.39 is 108 Å². The van der Waals surface area contributed by atoms with Gasteiger partial charge in [0.2, 0.25) is 0 Å². The van der Waals surface area contributed by atoms with E-state index in [0.717, 1.165) is 135 Å². The van der Waals surface area contributed by atoms with Crippen LogP contribution in [0.4, 0.5) is 0 Å². The van der Waals surface area contributed by atoms with Crippen molar-refractivity contribution in [1.82, 2.24) is 14.7 Å². The third kappa shape index (κ3) is 18.0. The average Bonchev–Trinajstić information content (AvgIpc) is 1.51. The smallest absolute Gasteiger partial charge is 0.336 e. The molecule has 9 aromatic rings. The summed E-state index contributed by atoms with van der Waals surface area (Å²) in [5.74, 6) is 0.698. The van der Waals surface area contributed by atoms with Crippen LogP contribution < -0.4 is 23.7 Å². The maximum Gasteiger partial charge on any atom is 0.336 e. The number of carbonyl (C=O) groups is 5. The van der Waals surface area contributed by atoms with Crippen LogP contribution in [0.3, 0.4) is 0 Å². The van der Waals surface area contributed by atoms with Gasteiger partial charge in [-0.05, 0) is 288 Å². The molecule has 6 heterocycles. The summed E-state index contributed by atoms with van der Waals surface area (Å²) >= 11 is 38.8. The Balaban J connectivity index is 0.000000123. The summed E-state index contributed by atoms with van der Waals surface area (Å²) in [6.07, 6.45) is 10.3. The van der Waals surface area contributed by atoms with Gasteiger partial charge >= 0.3 is 37.4 Å². The Morgan fingerprint density at radius 1 is 0.371 bits per heavy atom. The van der Waals surface area contributed by atoms with Gasteiger partial charge in [-0.25, -0.2) is 0 Å². The minimum Gasteiger partial charge on any atom is -0.504 e. The van der Waals surface area contributed by atoms with Gasteiger partial charge < -0.3 is 72.7 Å². The van der Waals surface area contributed by atoms with Crippen molar-refractivity contribution in [3.05, 3.63) is 277 Å². The van der Waals surface area contributed by atoms with Crippen LogP contribution >= 0.6 is 84.3 Å². The molecule has 6 aliphatic heterocycles. The molecule has 3 saturated heterocycles. The lowest BCUT2D eigenvalue weighted by Crippen LogP contribution is -2.77. The largest absolute Gasteiger partial charge is 0.504 e. The summed E-state index contributed by atoms with van der Waals surface area (Å²) in [5, 5.41) is 52.7. The number of aliphatic hydroxyl groups is 3. The van der Waals surface area contributed by atoms with Crippen molar-refractivity contribution in [2.45, 2.75) is 242 Å². The first-order valence-electron chi connectivity index (χ1n) is 50.2. The highest BCUT2D eigenvalue weighted by molar-refractivity contribution is 7.63. The summed E-state index contributed by atoms with van der Waals surface area (Å²) in [5.41, 5.74) is 7.53. The van der Waals surface area contributed by atoms with Crippen molar-refractivity contribution in [1.29, 1.82) is 0 Å². The van der Waals surface area contributed by atoms with E-state index in [0.29, 0.717) is 143 Å². The first kappa shape index (κ1) is 99.0. The highest BCUT2D eigenvalue weighted by Crippen LogP contribution is 2.71. The number of benzene rings is 9. The summed E-state index contributed by atoms with van der Waals surface area (Å²) in [6.45, 7) is 8.40. The number of nitrogens with zero attached hydrogens (tertiary/aromatic N) is 3. The van der Waals surface area contributed by atoms with Crippen LogP contribution in [0, 0.1) is 17.8 Å². The van der Waals surface area contributed by atoms with Gasteiger partial charge in [-0.15, -0.1) is 0 Å². The number of piperidine rings is 3. The van der Waals surface area contributed by atoms with Crippen molar-refractivity contribution in [2.24, 2.45) is 17.8 Å². The number of hydrogen-bond donors (Lipinski definition) is 6. The maximum atomic E-state index is 13.8. The second-order valence-corrected chi connectivity index (χ2v) is 50.6. The molecule has 0 radical (unpaired) electrons. The predicted molar refractivity (Wildman–Crippen MR) is 541 cm³/mol. The van der Waals surface area contributed by atoms with Crippen molar-refractivity contribution in [3.63, 3.8) is 0 Å². The molecular formula is C111H115Cl6N3O21P2. The molecule has 15 atom stereocenters. The predicted octanol–water partition coefficient (Wildman–Crippen LogP) is 18.2. The number of phenols is 1. The van der Waals surface area contributed by atoms with Crippen molar-refractivity contribution >= 4 is 114 Å². The molecule has 9 fully saturated rings. The fourth-order valence-electron chi connectivity index (χ4n) is 27.1. The fraction of sp³-hybridized carbons (Fsp3) is 0.468. The topological polar surface area (TPSA) is 324 Å². The highest BCUT2D eigenvalue weighted by atomic mass is 35.5. The zero-order valence-electron chi connectivity index (χ0n) is 79.5. The summed E-state index contributed by atoms with van der Waals surface area (Å²) < 4.78 is 74.2. The van der Waals surface area contributed by atoms with E-state index in [1.807, 2.05) is 115 Å². The lowest BCUT2D eigenvalue weighted by atomic mass is 9.48. The molecule has 143 heavy (non-hydrogen) atoms. The zero-order valence-corrected chi connectivity index (χ0v) is 85.8. The standard InChI is InChI=1S/C39H42Cl2NO7P.C37H38Cl2NO9P.C35H35Cl2NO5/c1-50(2,46)22-34(44)47-30-13-12-26-19-32-39(45)15-14-31(37-38(39,35(26)36(30)49-37)16-17-42(32)21-23-10-11-23)48-33(43)20-25-7-4-3-6-24(25)18-27-28(40)8-5-9-29(27)41;38-26-6-3-7-27(39)25(26)16-22-4-1-2-5-23(22)18-31(41)48-29-12-13-37(43)30-17-24-10-11-28(47-32(42)20-50(44,45)46)34-33(24)36(37,35(29)49-34)14-15-40(30)19-21-8-9-21;36-25-6-3-7-26(37)24(25)16-21-4-1-2-5-22(21)18-30(40)42-28-12-13-35(41)29-17-23-10-11-27(39)32-31(23)34(35,33(28)43-32)14-15-38(29)19-20-8-9-20/h3-9,12-13,23,31-32,37,45H,10-11,14-22H2,1-2H3;1-7,10-11,21,29-30,35,43H,8-9,12-20H2,(H2,44,45,46);1-7,10-11,20,28-29,33,39,41H,8-9,12-19H2/t31-,32-,37?,38+,39-;29-,30-,35?,36+,37-;28-,29-,33?,34+,35-/m111/s1. The number of halogens is 6. The molecule has 6 bridgehead atoms. The minimum atomic E-state index is -4.67. The quantitative estimate of drug-likeness (QED) is 0.0121. The van der Waals surface area contributed by atoms with Gasteiger partial charge in [0.15, 0.2) is 34.5 Å². The van der Waals surface area contributed by atoms with E-state index in [1.165, 1.54) is 38.5 Å². The van der Waals surface area contributed by atoms with E-state index in [2.05, 4.69) is 14.7 Å². The summed E-state index contributed by atoms with van der Waals surface area (Å²) in [6, 6.07) is 49.9. The Morgan fingerprint density at radius 2 is 0.664 bits per heavy atom. The summed E-state index contributed by atoms with van der Waals surface area (Å²) in [4.78, 5) is 92.8. The second kappa shape index (κ2) is 38.2. The molecular weight excluding hydrogens is 1990 g/mol. The van der Waals surface area contributed by atoms with Crippen molar-refractivity contribution < 1.29 is 101 Å². The first-order chi connectivity index (χ1) is 68.5. The Kier molecular flexibility index (Phi) is 26.5. The molecule has 15 aliphatic rings. The molecule has 6 N–H and O–H groups in total. The normalized spacial score (nSPS) is 28.8. The number of rotatable bonds is 27. The molecule has 6 saturated carbocycles. The van der Waals surface area contributed by atoms with E-state index in [9.17, 15) is 63.3 Å². The third-order valence-electron chi connectivity index (χ3n) is 33.9. The number of phenolic OH excluding ortho intramolecular Hbond substituents is 1. The van der Waals surface area contributed by atoms with E-state index in [1.54, 1.807) is 61.9 Å². The van der Waals surface area contributed by atoms with Crippen LogP contribution in [0.5, 0.6) is 34.5 Å².